The van der Waals surface area contributed by atoms with E-state index in [1.807, 2.05) is 6.92 Å². The summed E-state index contributed by atoms with van der Waals surface area (Å²) in [6.45, 7) is 5.19. The van der Waals surface area contributed by atoms with Crippen molar-refractivity contribution in [1.82, 2.24) is 19.5 Å². The minimum Gasteiger partial charge on any atom is -0.360 e. The van der Waals surface area contributed by atoms with Crippen LogP contribution in [-0.2, 0) is 0 Å². The predicted molar refractivity (Wildman–Crippen MR) is 83.1 cm³/mol. The van der Waals surface area contributed by atoms with Crippen LogP contribution in [0.15, 0.2) is 10.9 Å². The zero-order valence-electron chi connectivity index (χ0n) is 12.1. The highest BCUT2D eigenvalue weighted by molar-refractivity contribution is 7.20. The van der Waals surface area contributed by atoms with E-state index in [0.29, 0.717) is 10.9 Å². The van der Waals surface area contributed by atoms with Gasteiger partial charge >= 0.3 is 0 Å². The molecule has 6 nitrogen and oxygen atoms in total. The molecule has 1 aliphatic carbocycles. The first-order valence-electron chi connectivity index (χ1n) is 7.54. The van der Waals surface area contributed by atoms with Gasteiger partial charge in [-0.05, 0) is 38.6 Å². The second-order valence-electron chi connectivity index (χ2n) is 6.10. The Labute approximate surface area is 126 Å². The smallest absolute Gasteiger partial charge is 0.275 e. The largest absolute Gasteiger partial charge is 0.360 e. The van der Waals surface area contributed by atoms with Gasteiger partial charge < -0.3 is 10.2 Å². The van der Waals surface area contributed by atoms with Crippen molar-refractivity contribution in [3.63, 3.8) is 0 Å². The van der Waals surface area contributed by atoms with Gasteiger partial charge in [0.1, 0.15) is 0 Å². The average molecular weight is 305 g/mol. The van der Waals surface area contributed by atoms with Gasteiger partial charge in [0.25, 0.3) is 5.56 Å². The van der Waals surface area contributed by atoms with Crippen molar-refractivity contribution < 1.29 is 0 Å². The molecule has 2 fully saturated rings. The molecule has 3 heterocycles. The van der Waals surface area contributed by atoms with E-state index in [9.17, 15) is 4.79 Å². The molecular formula is C14H19N5OS. The second-order valence-corrected chi connectivity index (χ2v) is 7.06. The highest BCUT2D eigenvalue weighted by atomic mass is 32.1. The quantitative estimate of drug-likeness (QED) is 0.924. The fraction of sp³-hybridized carbons (Fsp3) is 0.643. The molecule has 2 aromatic heterocycles. The normalized spacial score (nSPS) is 23.0. The molecule has 0 radical (unpaired) electrons. The number of nitrogens with one attached hydrogen (secondary N) is 1. The predicted octanol–water partition coefficient (Wildman–Crippen LogP) is 1.36. The number of hydrogen-bond donors (Lipinski definition) is 1. The topological polar surface area (TPSA) is 62.5 Å². The number of nitrogens with zero attached hydrogens (tertiary/aromatic N) is 4. The maximum atomic E-state index is 11.8. The number of likely N-dealkylation sites (tertiary alicyclic amines) is 1. The number of aryl methyl sites for hydroxylation is 1. The van der Waals surface area contributed by atoms with Gasteiger partial charge in [-0.1, -0.05) is 11.3 Å². The monoisotopic (exact) mass is 305 g/mol. The summed E-state index contributed by atoms with van der Waals surface area (Å²) in [5.41, 5.74) is 0.633. The lowest BCUT2D eigenvalue weighted by atomic mass is 10.1. The summed E-state index contributed by atoms with van der Waals surface area (Å²) < 4.78 is 1.38. The Bertz CT molecular complexity index is 720. The lowest BCUT2D eigenvalue weighted by Gasteiger charge is -2.14. The van der Waals surface area contributed by atoms with Crippen LogP contribution in [0.3, 0.4) is 0 Å². The van der Waals surface area contributed by atoms with E-state index in [-0.39, 0.29) is 5.56 Å². The van der Waals surface area contributed by atoms with Crippen molar-refractivity contribution >= 4 is 21.4 Å². The van der Waals surface area contributed by atoms with Crippen molar-refractivity contribution in [2.45, 2.75) is 32.2 Å². The van der Waals surface area contributed by atoms with Gasteiger partial charge in [0.15, 0.2) is 0 Å². The van der Waals surface area contributed by atoms with E-state index in [4.69, 9.17) is 0 Å². The van der Waals surface area contributed by atoms with Gasteiger partial charge in [-0.25, -0.2) is 4.98 Å². The molecule has 21 heavy (non-hydrogen) atoms. The van der Waals surface area contributed by atoms with Crippen LogP contribution in [-0.4, -0.2) is 45.2 Å². The lowest BCUT2D eigenvalue weighted by Crippen LogP contribution is -2.24. The van der Waals surface area contributed by atoms with Gasteiger partial charge in [0, 0.05) is 30.9 Å². The van der Waals surface area contributed by atoms with E-state index < -0.39 is 0 Å². The van der Waals surface area contributed by atoms with E-state index in [1.54, 1.807) is 0 Å². The lowest BCUT2D eigenvalue weighted by molar-refractivity contribution is 0.316. The molecule has 2 aliphatic rings. The molecular weight excluding hydrogens is 286 g/mol. The fourth-order valence-corrected chi connectivity index (χ4v) is 3.88. The van der Waals surface area contributed by atoms with Crippen molar-refractivity contribution in [3.05, 3.63) is 22.1 Å². The Balaban J connectivity index is 1.43. The van der Waals surface area contributed by atoms with Gasteiger partial charge in [-0.2, -0.15) is 4.52 Å². The molecule has 1 unspecified atom stereocenters. The fourth-order valence-electron chi connectivity index (χ4n) is 3.02. The van der Waals surface area contributed by atoms with Crippen molar-refractivity contribution in [1.29, 1.82) is 0 Å². The number of hydrogen-bond acceptors (Lipinski definition) is 6. The molecule has 0 bridgehead atoms. The summed E-state index contributed by atoms with van der Waals surface area (Å²) >= 11 is 1.44. The first-order chi connectivity index (χ1) is 10.2. The maximum Gasteiger partial charge on any atom is 0.275 e. The second kappa shape index (κ2) is 5.06. The van der Waals surface area contributed by atoms with Crippen molar-refractivity contribution in [2.75, 3.05) is 25.0 Å². The summed E-state index contributed by atoms with van der Waals surface area (Å²) in [7, 11) is 0. The van der Waals surface area contributed by atoms with E-state index in [2.05, 4.69) is 20.3 Å². The maximum absolute atomic E-state index is 11.8. The van der Waals surface area contributed by atoms with Gasteiger partial charge in [0.2, 0.25) is 10.1 Å². The molecule has 0 aromatic carbocycles. The third kappa shape index (κ3) is 2.67. The standard InChI is InChI=1S/C14H19N5OS/c1-9-6-12(20)19-14(16-9)21-13(17-19)15-7-10-4-5-18(8-10)11-2-3-11/h6,10-11H,2-5,7-8H2,1H3,(H,15,17). The molecule has 1 atom stereocenters. The molecule has 1 aliphatic heterocycles. The molecule has 112 valence electrons. The number of fused-ring (bicyclic) bond motifs is 1. The third-order valence-corrected chi connectivity index (χ3v) is 5.16. The van der Waals surface area contributed by atoms with Crippen LogP contribution >= 0.6 is 11.3 Å². The number of anilines is 1. The SMILES string of the molecule is Cc1cc(=O)n2nc(NCC3CCN(C4CC4)C3)sc2n1. The zero-order chi connectivity index (χ0) is 14.4. The summed E-state index contributed by atoms with van der Waals surface area (Å²) in [6, 6.07) is 2.38. The third-order valence-electron chi connectivity index (χ3n) is 4.30. The van der Waals surface area contributed by atoms with Crippen LogP contribution in [0.5, 0.6) is 0 Å². The Morgan fingerprint density at radius 3 is 3.10 bits per heavy atom. The Kier molecular flexibility index (Phi) is 3.19. The Morgan fingerprint density at radius 1 is 1.43 bits per heavy atom. The molecule has 7 heteroatoms. The summed E-state index contributed by atoms with van der Waals surface area (Å²) in [4.78, 5) is 19.5. The first-order valence-corrected chi connectivity index (χ1v) is 8.36. The van der Waals surface area contributed by atoms with E-state index >= 15 is 0 Å². The highest BCUT2D eigenvalue weighted by Gasteiger charge is 2.34. The van der Waals surface area contributed by atoms with Crippen LogP contribution in [0.2, 0.25) is 0 Å². The van der Waals surface area contributed by atoms with Crippen LogP contribution < -0.4 is 10.9 Å². The molecule has 1 saturated heterocycles. The van der Waals surface area contributed by atoms with Gasteiger partial charge in [-0.3, -0.25) is 4.79 Å². The molecule has 1 saturated carbocycles. The summed E-state index contributed by atoms with van der Waals surface area (Å²) in [5, 5.41) is 8.49. The van der Waals surface area contributed by atoms with Crippen LogP contribution in [0.4, 0.5) is 5.13 Å². The first kappa shape index (κ1) is 13.2. The zero-order valence-corrected chi connectivity index (χ0v) is 12.9. The van der Waals surface area contributed by atoms with Crippen molar-refractivity contribution in [3.8, 4) is 0 Å². The Hall–Kier alpha value is -1.47. The Morgan fingerprint density at radius 2 is 2.29 bits per heavy atom. The molecule has 1 N–H and O–H groups in total. The number of rotatable bonds is 4. The highest BCUT2D eigenvalue weighted by Crippen LogP contribution is 2.31. The van der Waals surface area contributed by atoms with Crippen LogP contribution in [0.1, 0.15) is 25.0 Å². The molecule has 2 aromatic rings. The number of aromatic nitrogens is 3. The van der Waals surface area contributed by atoms with Gasteiger partial charge in [-0.15, -0.1) is 5.10 Å². The molecule has 4 rings (SSSR count). The van der Waals surface area contributed by atoms with Gasteiger partial charge in [0.05, 0.1) is 0 Å². The minimum absolute atomic E-state index is 0.109. The average Bonchev–Trinajstić information content (AvgIpc) is 3.04. The minimum atomic E-state index is -0.109. The summed E-state index contributed by atoms with van der Waals surface area (Å²) in [5.74, 6) is 0.684. The van der Waals surface area contributed by atoms with Crippen LogP contribution in [0.25, 0.3) is 4.96 Å². The van der Waals surface area contributed by atoms with E-state index in [0.717, 1.165) is 23.4 Å². The summed E-state index contributed by atoms with van der Waals surface area (Å²) in [6.07, 6.45) is 4.02. The van der Waals surface area contributed by atoms with E-state index in [1.165, 1.54) is 54.3 Å². The molecule has 0 amide bonds. The van der Waals surface area contributed by atoms with Crippen molar-refractivity contribution in [2.24, 2.45) is 5.92 Å². The molecule has 0 spiro atoms. The van der Waals surface area contributed by atoms with Crippen LogP contribution in [0, 0.1) is 12.8 Å².